The maximum atomic E-state index is 14.0. The lowest BCUT2D eigenvalue weighted by molar-refractivity contribution is -0.141. The van der Waals surface area contributed by atoms with E-state index < -0.39 is 35.6 Å². The third kappa shape index (κ3) is 6.85. The van der Waals surface area contributed by atoms with Gasteiger partial charge in [0.05, 0.1) is 11.1 Å². The number of nitrogens with one attached hydrogen (secondary N) is 4. The summed E-state index contributed by atoms with van der Waals surface area (Å²) in [5, 5.41) is 9.73. The van der Waals surface area contributed by atoms with Crippen LogP contribution in [0.5, 0.6) is 0 Å². The molecule has 1 aliphatic carbocycles. The summed E-state index contributed by atoms with van der Waals surface area (Å²) < 4.78 is 0. The summed E-state index contributed by atoms with van der Waals surface area (Å²) in [6.45, 7) is 5.40. The highest BCUT2D eigenvalue weighted by Crippen LogP contribution is 2.43. The van der Waals surface area contributed by atoms with Crippen LogP contribution in [-0.4, -0.2) is 71.0 Å². The molecule has 232 valence electrons. The maximum absolute atomic E-state index is 14.0. The average Bonchev–Trinajstić information content (AvgIpc) is 3.74. The first kappa shape index (κ1) is 31.3. The summed E-state index contributed by atoms with van der Waals surface area (Å²) in [4.78, 5) is 71.1. The van der Waals surface area contributed by atoms with Crippen molar-refractivity contribution in [3.63, 3.8) is 0 Å². The highest BCUT2D eigenvalue weighted by Gasteiger charge is 2.50. The number of fused-ring (bicyclic) bond motifs is 2. The first-order valence-electron chi connectivity index (χ1n) is 15.2. The molecule has 4 amide bonds. The number of carbonyl (C=O) groups is 5. The second kappa shape index (κ2) is 13.3. The van der Waals surface area contributed by atoms with Crippen molar-refractivity contribution in [1.82, 2.24) is 25.8 Å². The fraction of sp³-hybridized carbons (Fsp3) is 0.581. The Bertz CT molecular complexity index is 1420. The molecule has 1 aromatic carbocycles. The number of likely N-dealkylation sites (tertiary alicyclic amines) is 1. The van der Waals surface area contributed by atoms with Crippen LogP contribution in [-0.2, 0) is 19.2 Å². The molecule has 43 heavy (non-hydrogen) atoms. The lowest BCUT2D eigenvalue weighted by Crippen LogP contribution is -2.55. The molecule has 12 heteroatoms. The van der Waals surface area contributed by atoms with Crippen molar-refractivity contribution in [2.45, 2.75) is 70.9 Å². The smallest absolute Gasteiger partial charge is 0.289 e. The molecule has 2 saturated heterocycles. The molecule has 0 unspecified atom stereocenters. The van der Waals surface area contributed by atoms with E-state index >= 15 is 0 Å². The Labute approximate surface area is 261 Å². The van der Waals surface area contributed by atoms with Crippen molar-refractivity contribution < 1.29 is 24.0 Å². The molecule has 1 saturated carbocycles. The van der Waals surface area contributed by atoms with Gasteiger partial charge in [0.1, 0.15) is 11.7 Å². The number of Topliss-reactive ketones (excluding diaryl/α,β-unsaturated/α-hetero) is 1. The highest BCUT2D eigenvalue weighted by molar-refractivity contribution is 6.39. The van der Waals surface area contributed by atoms with Crippen molar-refractivity contribution in [3.05, 3.63) is 33.9 Å². The number of ketones is 1. The minimum Gasteiger partial charge on any atom is -0.356 e. The largest absolute Gasteiger partial charge is 0.356 e. The van der Waals surface area contributed by atoms with Gasteiger partial charge in [-0.15, -0.1) is 0 Å². The minimum absolute atomic E-state index is 0.0197. The van der Waals surface area contributed by atoms with Gasteiger partial charge in [-0.1, -0.05) is 43.5 Å². The predicted molar refractivity (Wildman–Crippen MR) is 164 cm³/mol. The topological polar surface area (TPSA) is 140 Å². The van der Waals surface area contributed by atoms with E-state index in [0.717, 1.165) is 32.1 Å². The molecule has 10 nitrogen and oxygen atoms in total. The van der Waals surface area contributed by atoms with Crippen LogP contribution in [0.1, 0.15) is 69.3 Å². The molecular formula is C31H39Cl2N5O5. The van der Waals surface area contributed by atoms with E-state index in [1.54, 1.807) is 23.1 Å². The van der Waals surface area contributed by atoms with Crippen LogP contribution in [0, 0.1) is 23.7 Å². The Morgan fingerprint density at radius 2 is 1.88 bits per heavy atom. The Balaban J connectivity index is 1.36. The van der Waals surface area contributed by atoms with Crippen molar-refractivity contribution in [2.24, 2.45) is 23.7 Å². The number of hydrogen-bond acceptors (Lipinski definition) is 5. The first-order valence-corrected chi connectivity index (χ1v) is 16.0. The molecule has 0 bridgehead atoms. The number of halogens is 2. The quantitative estimate of drug-likeness (QED) is 0.220. The molecular weight excluding hydrogens is 593 g/mol. The number of aromatic nitrogens is 1. The van der Waals surface area contributed by atoms with E-state index in [-0.39, 0.29) is 35.8 Å². The van der Waals surface area contributed by atoms with Crippen molar-refractivity contribution in [2.75, 3.05) is 19.6 Å². The van der Waals surface area contributed by atoms with Crippen LogP contribution in [0.4, 0.5) is 0 Å². The van der Waals surface area contributed by atoms with Gasteiger partial charge in [0.25, 0.3) is 11.8 Å². The number of hydrogen-bond donors (Lipinski definition) is 4. The Hall–Kier alpha value is -3.11. The number of H-pyrrole nitrogens is 1. The van der Waals surface area contributed by atoms with Gasteiger partial charge in [-0.3, -0.25) is 24.0 Å². The van der Waals surface area contributed by atoms with Gasteiger partial charge in [-0.2, -0.15) is 0 Å². The first-order chi connectivity index (χ1) is 20.5. The monoisotopic (exact) mass is 631 g/mol. The van der Waals surface area contributed by atoms with Gasteiger partial charge in [-0.05, 0) is 74.5 Å². The van der Waals surface area contributed by atoms with Gasteiger partial charge < -0.3 is 25.8 Å². The second-order valence-corrected chi connectivity index (χ2v) is 13.4. The molecule has 0 spiro atoms. The Morgan fingerprint density at radius 3 is 2.60 bits per heavy atom. The summed E-state index contributed by atoms with van der Waals surface area (Å²) in [5.41, 5.74) is 0.897. The molecule has 5 rings (SSSR count). The zero-order valence-electron chi connectivity index (χ0n) is 24.5. The molecule has 2 aliphatic heterocycles. The van der Waals surface area contributed by atoms with Gasteiger partial charge in [0, 0.05) is 41.5 Å². The molecule has 3 heterocycles. The highest BCUT2D eigenvalue weighted by atomic mass is 35.5. The van der Waals surface area contributed by atoms with Gasteiger partial charge in [0.2, 0.25) is 17.6 Å². The van der Waals surface area contributed by atoms with Crippen LogP contribution in [0.2, 0.25) is 10.0 Å². The average molecular weight is 633 g/mol. The summed E-state index contributed by atoms with van der Waals surface area (Å²) in [6.07, 6.45) is 4.79. The van der Waals surface area contributed by atoms with E-state index in [9.17, 15) is 24.0 Å². The number of carbonyl (C=O) groups excluding carboxylic acids is 5. The lowest BCUT2D eigenvalue weighted by Gasteiger charge is -2.29. The standard InChI is InChI=1S/C31H39Cl2N5O5/c1-16(2)5-4-9-34-30(42)27(39)24(11-17-8-10-35-28(17)40)37-29(41)26-20-7-3-6-18(20)15-38(26)31(43)25-14-21-22(33)12-19(32)13-23(21)36-25/h12-14,16-18,20,24,26,36H,3-11,15H2,1-2H3,(H,34,42)(H,35,40)(H,37,41)/t17-,18-,20-,24-,26-/m0/s1. The van der Waals surface area contributed by atoms with Crippen LogP contribution in [0.15, 0.2) is 18.2 Å². The number of aromatic amines is 1. The molecule has 3 fully saturated rings. The van der Waals surface area contributed by atoms with E-state index in [0.29, 0.717) is 52.9 Å². The van der Waals surface area contributed by atoms with Crippen LogP contribution in [0.25, 0.3) is 10.9 Å². The van der Waals surface area contributed by atoms with Gasteiger partial charge >= 0.3 is 0 Å². The lowest BCUT2D eigenvalue weighted by atomic mass is 9.91. The third-order valence-electron chi connectivity index (χ3n) is 9.09. The molecule has 2 aromatic rings. The summed E-state index contributed by atoms with van der Waals surface area (Å²) >= 11 is 12.5. The van der Waals surface area contributed by atoms with Crippen LogP contribution in [0.3, 0.4) is 0 Å². The summed E-state index contributed by atoms with van der Waals surface area (Å²) in [5.74, 6) is -2.53. The Morgan fingerprint density at radius 1 is 1.09 bits per heavy atom. The number of benzene rings is 1. The number of amides is 4. The van der Waals surface area contributed by atoms with Crippen molar-refractivity contribution in [1.29, 1.82) is 0 Å². The normalized spacial score (nSPS) is 23.8. The number of nitrogens with zero attached hydrogens (tertiary/aromatic N) is 1. The SMILES string of the molecule is CC(C)CCCNC(=O)C(=O)[C@H](C[C@@H]1CCNC1=O)NC(=O)[C@@H]1[C@H]2CCC[C@H]2CN1C(=O)c1cc2c(Cl)cc(Cl)cc2[nH]1. The van der Waals surface area contributed by atoms with Gasteiger partial charge in [-0.25, -0.2) is 0 Å². The summed E-state index contributed by atoms with van der Waals surface area (Å²) in [7, 11) is 0. The van der Waals surface area contributed by atoms with E-state index in [1.807, 2.05) is 0 Å². The predicted octanol–water partition coefficient (Wildman–Crippen LogP) is 3.85. The fourth-order valence-electron chi connectivity index (χ4n) is 6.88. The van der Waals surface area contributed by atoms with Gasteiger partial charge in [0.15, 0.2) is 0 Å². The third-order valence-corrected chi connectivity index (χ3v) is 9.62. The zero-order valence-corrected chi connectivity index (χ0v) is 26.0. The molecule has 3 aliphatic rings. The van der Waals surface area contributed by atoms with E-state index in [2.05, 4.69) is 34.8 Å². The fourth-order valence-corrected chi connectivity index (χ4v) is 7.43. The van der Waals surface area contributed by atoms with Crippen molar-refractivity contribution in [3.8, 4) is 0 Å². The van der Waals surface area contributed by atoms with E-state index in [4.69, 9.17) is 23.2 Å². The number of rotatable bonds is 11. The second-order valence-electron chi connectivity index (χ2n) is 12.5. The van der Waals surface area contributed by atoms with Crippen LogP contribution >= 0.6 is 23.2 Å². The molecule has 5 atom stereocenters. The van der Waals surface area contributed by atoms with Crippen LogP contribution < -0.4 is 16.0 Å². The van der Waals surface area contributed by atoms with E-state index in [1.165, 1.54) is 0 Å². The maximum Gasteiger partial charge on any atom is 0.289 e. The summed E-state index contributed by atoms with van der Waals surface area (Å²) in [6, 6.07) is 2.96. The molecule has 0 radical (unpaired) electrons. The molecule has 4 N–H and O–H groups in total. The Kier molecular flexibility index (Phi) is 9.66. The molecule has 1 aromatic heterocycles. The minimum atomic E-state index is -1.18. The van der Waals surface area contributed by atoms with Crippen molar-refractivity contribution >= 4 is 63.5 Å². The zero-order chi connectivity index (χ0) is 30.8.